The van der Waals surface area contributed by atoms with E-state index in [0.29, 0.717) is 31.5 Å². The average Bonchev–Trinajstić information content (AvgIpc) is 2.65. The van der Waals surface area contributed by atoms with Crippen molar-refractivity contribution in [1.29, 1.82) is 0 Å². The van der Waals surface area contributed by atoms with E-state index >= 15 is 0 Å². The Labute approximate surface area is 100 Å². The molecule has 2 rings (SSSR count). The van der Waals surface area contributed by atoms with Crippen LogP contribution in [0.1, 0.15) is 23.2 Å². The van der Waals surface area contributed by atoms with Gasteiger partial charge in [-0.2, -0.15) is 0 Å². The molecule has 0 spiro atoms. The van der Waals surface area contributed by atoms with Gasteiger partial charge in [-0.15, -0.1) is 11.3 Å². The van der Waals surface area contributed by atoms with Crippen molar-refractivity contribution in [2.45, 2.75) is 12.8 Å². The molecule has 1 aliphatic heterocycles. The average molecular weight is 288 g/mol. The van der Waals surface area contributed by atoms with Gasteiger partial charge in [-0.3, -0.25) is 9.59 Å². The number of likely N-dealkylation sites (tertiary alicyclic amines) is 1. The number of piperidine rings is 1. The zero-order chi connectivity index (χ0) is 10.8. The SMILES string of the molecule is O=C1CCN(C(=O)c2csc(Br)c2)CC1. The first-order valence-corrected chi connectivity index (χ1v) is 6.39. The summed E-state index contributed by atoms with van der Waals surface area (Å²) in [5, 5.41) is 1.84. The molecule has 0 aromatic carbocycles. The van der Waals surface area contributed by atoms with Crippen LogP contribution in [0.4, 0.5) is 0 Å². The van der Waals surface area contributed by atoms with Gasteiger partial charge in [-0.25, -0.2) is 0 Å². The highest BCUT2D eigenvalue weighted by Crippen LogP contribution is 2.22. The first-order chi connectivity index (χ1) is 7.16. The second-order valence-electron chi connectivity index (χ2n) is 3.47. The summed E-state index contributed by atoms with van der Waals surface area (Å²) in [5.41, 5.74) is 0.709. The monoisotopic (exact) mass is 287 g/mol. The maximum Gasteiger partial charge on any atom is 0.254 e. The predicted molar refractivity (Wildman–Crippen MR) is 62.2 cm³/mol. The molecule has 0 atom stereocenters. The summed E-state index contributed by atoms with van der Waals surface area (Å²) >= 11 is 4.83. The van der Waals surface area contributed by atoms with Crippen molar-refractivity contribution in [2.75, 3.05) is 13.1 Å². The summed E-state index contributed by atoms with van der Waals surface area (Å²) in [5.74, 6) is 0.287. The van der Waals surface area contributed by atoms with Gasteiger partial charge in [0.15, 0.2) is 0 Å². The number of carbonyl (C=O) groups excluding carboxylic acids is 2. The number of halogens is 1. The highest BCUT2D eigenvalue weighted by atomic mass is 79.9. The van der Waals surface area contributed by atoms with Crippen LogP contribution in [0.5, 0.6) is 0 Å². The van der Waals surface area contributed by atoms with Crippen LogP contribution in [0.15, 0.2) is 15.2 Å². The fourth-order valence-corrected chi connectivity index (χ4v) is 2.69. The molecule has 1 fully saturated rings. The first-order valence-electron chi connectivity index (χ1n) is 4.72. The van der Waals surface area contributed by atoms with Crippen molar-refractivity contribution in [1.82, 2.24) is 4.90 Å². The van der Waals surface area contributed by atoms with Crippen LogP contribution in [0.25, 0.3) is 0 Å². The van der Waals surface area contributed by atoms with Gasteiger partial charge in [0, 0.05) is 31.3 Å². The largest absolute Gasteiger partial charge is 0.338 e. The third-order valence-corrected chi connectivity index (χ3v) is 3.93. The van der Waals surface area contributed by atoms with E-state index < -0.39 is 0 Å². The summed E-state index contributed by atoms with van der Waals surface area (Å²) in [6.07, 6.45) is 0.994. The second kappa shape index (κ2) is 4.45. The van der Waals surface area contributed by atoms with Crippen LogP contribution < -0.4 is 0 Å². The second-order valence-corrected chi connectivity index (χ2v) is 5.76. The molecule has 0 radical (unpaired) electrons. The molecule has 2 heterocycles. The smallest absolute Gasteiger partial charge is 0.254 e. The van der Waals surface area contributed by atoms with E-state index in [1.165, 1.54) is 11.3 Å². The molecule has 1 aromatic heterocycles. The van der Waals surface area contributed by atoms with Gasteiger partial charge >= 0.3 is 0 Å². The van der Waals surface area contributed by atoms with Crippen LogP contribution in [0.3, 0.4) is 0 Å². The number of ketones is 1. The molecule has 1 saturated heterocycles. The van der Waals surface area contributed by atoms with E-state index in [0.717, 1.165) is 3.79 Å². The lowest BCUT2D eigenvalue weighted by atomic mass is 10.1. The van der Waals surface area contributed by atoms with Gasteiger partial charge in [0.1, 0.15) is 5.78 Å². The first kappa shape index (κ1) is 10.8. The number of carbonyl (C=O) groups is 2. The molecule has 15 heavy (non-hydrogen) atoms. The third kappa shape index (κ3) is 2.46. The van der Waals surface area contributed by atoms with Crippen LogP contribution in [-0.2, 0) is 4.79 Å². The van der Waals surface area contributed by atoms with Gasteiger partial charge < -0.3 is 4.90 Å². The molecule has 3 nitrogen and oxygen atoms in total. The van der Waals surface area contributed by atoms with Crippen molar-refractivity contribution in [2.24, 2.45) is 0 Å². The summed E-state index contributed by atoms with van der Waals surface area (Å²) in [7, 11) is 0. The van der Waals surface area contributed by atoms with Gasteiger partial charge in [0.2, 0.25) is 0 Å². The lowest BCUT2D eigenvalue weighted by molar-refractivity contribution is -0.120. The highest BCUT2D eigenvalue weighted by Gasteiger charge is 2.22. The minimum absolute atomic E-state index is 0.0319. The van der Waals surface area contributed by atoms with Gasteiger partial charge in [-0.1, -0.05) is 0 Å². The predicted octanol–water partition coefficient (Wildman–Crippen LogP) is 2.32. The molecular weight excluding hydrogens is 278 g/mol. The van der Waals surface area contributed by atoms with Crippen molar-refractivity contribution < 1.29 is 9.59 Å². The standard InChI is InChI=1S/C10H10BrNO2S/c11-9-5-7(6-15-9)10(14)12-3-1-8(13)2-4-12/h5-6H,1-4H2. The molecule has 0 saturated carbocycles. The van der Waals surface area contributed by atoms with Crippen LogP contribution in [-0.4, -0.2) is 29.7 Å². The summed E-state index contributed by atoms with van der Waals surface area (Å²) in [6, 6.07) is 1.82. The molecule has 0 unspecified atom stereocenters. The quantitative estimate of drug-likeness (QED) is 0.795. The van der Waals surface area contributed by atoms with E-state index in [1.54, 1.807) is 4.90 Å². The van der Waals surface area contributed by atoms with Gasteiger partial charge in [-0.05, 0) is 22.0 Å². The van der Waals surface area contributed by atoms with Gasteiger partial charge in [0.05, 0.1) is 9.35 Å². The lowest BCUT2D eigenvalue weighted by Gasteiger charge is -2.25. The van der Waals surface area contributed by atoms with Crippen molar-refractivity contribution in [3.8, 4) is 0 Å². The number of hydrogen-bond donors (Lipinski definition) is 0. The maximum atomic E-state index is 11.9. The molecule has 1 amide bonds. The molecular formula is C10H10BrNO2S. The molecule has 1 aliphatic rings. The van der Waals surface area contributed by atoms with Crippen LogP contribution >= 0.6 is 27.3 Å². The molecule has 0 bridgehead atoms. The van der Waals surface area contributed by atoms with E-state index in [4.69, 9.17) is 0 Å². The van der Waals surface area contributed by atoms with E-state index in [-0.39, 0.29) is 11.7 Å². The van der Waals surface area contributed by atoms with E-state index in [2.05, 4.69) is 15.9 Å². The van der Waals surface area contributed by atoms with Crippen molar-refractivity contribution >= 4 is 39.0 Å². The van der Waals surface area contributed by atoms with Crippen molar-refractivity contribution in [3.63, 3.8) is 0 Å². The fourth-order valence-electron chi connectivity index (χ4n) is 1.56. The van der Waals surface area contributed by atoms with E-state index in [9.17, 15) is 9.59 Å². The Morgan fingerprint density at radius 2 is 2.07 bits per heavy atom. The highest BCUT2D eigenvalue weighted by molar-refractivity contribution is 9.11. The number of thiophene rings is 1. The molecule has 0 aliphatic carbocycles. The number of hydrogen-bond acceptors (Lipinski definition) is 3. The fraction of sp³-hybridized carbons (Fsp3) is 0.400. The molecule has 1 aromatic rings. The Balaban J connectivity index is 2.05. The lowest BCUT2D eigenvalue weighted by Crippen LogP contribution is -2.38. The molecule has 0 N–H and O–H groups in total. The Bertz CT molecular complexity index is 392. The topological polar surface area (TPSA) is 37.4 Å². The Hall–Kier alpha value is -0.680. The maximum absolute atomic E-state index is 11.9. The number of nitrogens with zero attached hydrogens (tertiary/aromatic N) is 1. The summed E-state index contributed by atoms with van der Waals surface area (Å²) in [6.45, 7) is 1.12. The van der Waals surface area contributed by atoms with Crippen LogP contribution in [0.2, 0.25) is 0 Å². The van der Waals surface area contributed by atoms with Gasteiger partial charge in [0.25, 0.3) is 5.91 Å². The van der Waals surface area contributed by atoms with Crippen molar-refractivity contribution in [3.05, 3.63) is 20.8 Å². The number of amides is 1. The zero-order valence-corrected chi connectivity index (χ0v) is 10.4. The minimum Gasteiger partial charge on any atom is -0.338 e. The Kier molecular flexibility index (Phi) is 3.21. The summed E-state index contributed by atoms with van der Waals surface area (Å²) < 4.78 is 0.957. The van der Waals surface area contributed by atoms with Crippen LogP contribution in [0, 0.1) is 0 Å². The Morgan fingerprint density at radius 1 is 1.40 bits per heavy atom. The summed E-state index contributed by atoms with van der Waals surface area (Å²) in [4.78, 5) is 24.7. The van der Waals surface area contributed by atoms with E-state index in [1.807, 2.05) is 11.4 Å². The minimum atomic E-state index is 0.0319. The third-order valence-electron chi connectivity index (χ3n) is 2.42. The Morgan fingerprint density at radius 3 is 2.60 bits per heavy atom. The molecule has 80 valence electrons. The molecule has 5 heteroatoms. The normalized spacial score (nSPS) is 16.9. The zero-order valence-electron chi connectivity index (χ0n) is 8.03. The number of rotatable bonds is 1. The number of Topliss-reactive ketones (excluding diaryl/α,β-unsaturated/α-hetero) is 1.